The molecule has 1 aliphatic rings. The van der Waals surface area contributed by atoms with Gasteiger partial charge in [0.25, 0.3) is 0 Å². The topological polar surface area (TPSA) is 55.4 Å². The Balaban J connectivity index is 2.17. The number of hydrogen-bond donors (Lipinski definition) is 1. The van der Waals surface area contributed by atoms with Crippen LogP contribution in [-0.4, -0.2) is 24.9 Å². The average Bonchev–Trinajstić information content (AvgIpc) is 2.81. The molecular weight excluding hydrogens is 310 g/mol. The Morgan fingerprint density at radius 1 is 1.35 bits per heavy atom. The van der Waals surface area contributed by atoms with Gasteiger partial charge in [-0.1, -0.05) is 11.8 Å². The molecule has 2 rings (SSSR count). The highest BCUT2D eigenvalue weighted by molar-refractivity contribution is 7.15. The molecule has 0 saturated heterocycles. The first kappa shape index (κ1) is 17.6. The molecule has 124 valence electrons. The van der Waals surface area contributed by atoms with Gasteiger partial charge in [0.1, 0.15) is 10.7 Å². The molecule has 0 spiro atoms. The Morgan fingerprint density at radius 3 is 2.52 bits per heavy atom. The molecule has 1 heterocycles. The van der Waals surface area contributed by atoms with Gasteiger partial charge in [0.05, 0.1) is 17.7 Å². The molecule has 1 aliphatic carbocycles. The zero-order chi connectivity index (χ0) is 17.2. The van der Waals surface area contributed by atoms with Crippen LogP contribution in [0.4, 0.5) is 5.69 Å². The summed E-state index contributed by atoms with van der Waals surface area (Å²) in [6, 6.07) is 2.13. The van der Waals surface area contributed by atoms with Crippen LogP contribution in [0.15, 0.2) is 6.07 Å². The van der Waals surface area contributed by atoms with Gasteiger partial charge in [0.15, 0.2) is 0 Å². The van der Waals surface area contributed by atoms with E-state index in [1.165, 1.54) is 18.4 Å². The third-order valence-electron chi connectivity index (χ3n) is 3.74. The van der Waals surface area contributed by atoms with E-state index in [0.29, 0.717) is 4.88 Å². The van der Waals surface area contributed by atoms with E-state index in [1.807, 2.05) is 26.8 Å². The van der Waals surface area contributed by atoms with Crippen LogP contribution < -0.4 is 5.32 Å². The van der Waals surface area contributed by atoms with Crippen molar-refractivity contribution < 1.29 is 14.3 Å². The molecule has 0 radical (unpaired) electrons. The van der Waals surface area contributed by atoms with Crippen molar-refractivity contribution in [3.63, 3.8) is 0 Å². The van der Waals surface area contributed by atoms with Gasteiger partial charge in [0.2, 0.25) is 0 Å². The molecule has 1 saturated carbocycles. The summed E-state index contributed by atoms with van der Waals surface area (Å²) in [5, 5.41) is 3.35. The number of rotatable bonds is 4. The smallest absolute Gasteiger partial charge is 0.350 e. The number of methoxy groups -OCH3 is 1. The van der Waals surface area contributed by atoms with Crippen molar-refractivity contribution in [2.24, 2.45) is 11.3 Å². The van der Waals surface area contributed by atoms with E-state index in [-0.39, 0.29) is 29.1 Å². The number of ketones is 1. The van der Waals surface area contributed by atoms with Gasteiger partial charge in [-0.2, -0.15) is 0 Å². The number of ether oxygens (including phenoxy) is 1. The minimum absolute atomic E-state index is 0.0916. The quantitative estimate of drug-likeness (QED) is 0.674. The molecule has 5 heteroatoms. The van der Waals surface area contributed by atoms with Gasteiger partial charge in [-0.05, 0) is 46.6 Å². The Hall–Kier alpha value is -1.80. The predicted octanol–water partition coefficient (Wildman–Crippen LogP) is 3.71. The van der Waals surface area contributed by atoms with Crippen LogP contribution in [0.2, 0.25) is 0 Å². The van der Waals surface area contributed by atoms with E-state index < -0.39 is 0 Å². The number of anilines is 1. The van der Waals surface area contributed by atoms with E-state index in [9.17, 15) is 9.59 Å². The maximum Gasteiger partial charge on any atom is 0.350 e. The van der Waals surface area contributed by atoms with Crippen LogP contribution in [0.3, 0.4) is 0 Å². The van der Waals surface area contributed by atoms with E-state index >= 15 is 0 Å². The number of thiophene rings is 1. The van der Waals surface area contributed by atoms with Crippen molar-refractivity contribution in [2.45, 2.75) is 46.6 Å². The fourth-order valence-electron chi connectivity index (χ4n) is 2.34. The first-order valence-electron chi connectivity index (χ1n) is 7.72. The Bertz CT molecular complexity index is 667. The molecule has 0 bridgehead atoms. The molecule has 0 amide bonds. The van der Waals surface area contributed by atoms with Crippen LogP contribution in [0.1, 0.15) is 55.1 Å². The van der Waals surface area contributed by atoms with Crippen molar-refractivity contribution in [1.29, 1.82) is 0 Å². The van der Waals surface area contributed by atoms with E-state index in [4.69, 9.17) is 4.74 Å². The maximum absolute atomic E-state index is 12.0. The number of carbonyl (C=O) groups excluding carboxylic acids is 2. The van der Waals surface area contributed by atoms with Crippen LogP contribution in [0, 0.1) is 23.2 Å². The van der Waals surface area contributed by atoms with Crippen LogP contribution in [-0.2, 0) is 9.53 Å². The minimum Gasteiger partial charge on any atom is -0.465 e. The van der Waals surface area contributed by atoms with Crippen LogP contribution in [0.25, 0.3) is 0 Å². The zero-order valence-electron chi connectivity index (χ0n) is 14.3. The number of nitrogens with one attached hydrogen (secondary N) is 1. The standard InChI is InChI=1S/C18H23NO3S/c1-11(20)12-8-13(9-12)19-15-10-14(6-7-18(2,3)4)23-16(15)17(21)22-5/h10,12-13,19H,8-9H2,1-5H3. The van der Waals surface area contributed by atoms with Crippen molar-refractivity contribution in [3.05, 3.63) is 15.8 Å². The molecule has 4 nitrogen and oxygen atoms in total. The van der Waals surface area contributed by atoms with Gasteiger partial charge in [-0.15, -0.1) is 11.3 Å². The molecule has 0 aliphatic heterocycles. The molecule has 1 aromatic heterocycles. The van der Waals surface area contributed by atoms with Gasteiger partial charge in [-0.3, -0.25) is 4.79 Å². The molecule has 0 unspecified atom stereocenters. The van der Waals surface area contributed by atoms with Gasteiger partial charge in [-0.25, -0.2) is 4.79 Å². The van der Waals surface area contributed by atoms with Gasteiger partial charge < -0.3 is 10.1 Å². The highest BCUT2D eigenvalue weighted by atomic mass is 32.1. The summed E-state index contributed by atoms with van der Waals surface area (Å²) in [6.07, 6.45) is 1.63. The van der Waals surface area contributed by atoms with Crippen molar-refractivity contribution in [3.8, 4) is 11.8 Å². The first-order chi connectivity index (χ1) is 10.7. The summed E-state index contributed by atoms with van der Waals surface area (Å²) in [4.78, 5) is 24.6. The second-order valence-electron chi connectivity index (χ2n) is 6.97. The number of carbonyl (C=O) groups is 2. The summed E-state index contributed by atoms with van der Waals surface area (Å²) in [6.45, 7) is 7.77. The lowest BCUT2D eigenvalue weighted by atomic mass is 9.78. The Labute approximate surface area is 141 Å². The SMILES string of the molecule is COC(=O)c1sc(C#CC(C)(C)C)cc1NC1CC(C(C)=O)C1. The number of Topliss-reactive ketones (excluding diaryl/α,β-unsaturated/α-hetero) is 1. The van der Waals surface area contributed by atoms with Crippen LogP contribution >= 0.6 is 11.3 Å². The predicted molar refractivity (Wildman–Crippen MR) is 92.8 cm³/mol. The van der Waals surface area contributed by atoms with Gasteiger partial charge in [0, 0.05) is 17.4 Å². The lowest BCUT2D eigenvalue weighted by Gasteiger charge is -2.34. The maximum atomic E-state index is 12.0. The normalized spacial score (nSPS) is 20.0. The lowest BCUT2D eigenvalue weighted by Crippen LogP contribution is -2.38. The third kappa shape index (κ3) is 4.59. The molecule has 0 aromatic carbocycles. The third-order valence-corrected chi connectivity index (χ3v) is 4.77. The molecule has 1 fully saturated rings. The summed E-state index contributed by atoms with van der Waals surface area (Å²) in [5.41, 5.74) is 0.665. The van der Waals surface area contributed by atoms with Crippen LogP contribution in [0.5, 0.6) is 0 Å². The lowest BCUT2D eigenvalue weighted by molar-refractivity contribution is -0.123. The summed E-state index contributed by atoms with van der Waals surface area (Å²) < 4.78 is 4.86. The van der Waals surface area contributed by atoms with E-state index in [2.05, 4.69) is 17.2 Å². The Morgan fingerprint density at radius 2 is 2.00 bits per heavy atom. The van der Waals surface area contributed by atoms with E-state index in [0.717, 1.165) is 23.4 Å². The fraction of sp³-hybridized carbons (Fsp3) is 0.556. The van der Waals surface area contributed by atoms with Crippen molar-refractivity contribution in [1.82, 2.24) is 0 Å². The highest BCUT2D eigenvalue weighted by Gasteiger charge is 2.33. The molecule has 1 N–H and O–H groups in total. The number of hydrogen-bond acceptors (Lipinski definition) is 5. The summed E-state index contributed by atoms with van der Waals surface area (Å²) in [7, 11) is 1.38. The minimum atomic E-state index is -0.358. The van der Waals surface area contributed by atoms with Crippen molar-refractivity contribution >= 4 is 28.8 Å². The molecule has 23 heavy (non-hydrogen) atoms. The summed E-state index contributed by atoms with van der Waals surface area (Å²) in [5.74, 6) is 6.33. The highest BCUT2D eigenvalue weighted by Crippen LogP contribution is 2.34. The summed E-state index contributed by atoms with van der Waals surface area (Å²) >= 11 is 1.34. The molecule has 0 atom stereocenters. The largest absolute Gasteiger partial charge is 0.465 e. The van der Waals surface area contributed by atoms with E-state index in [1.54, 1.807) is 6.92 Å². The first-order valence-corrected chi connectivity index (χ1v) is 8.53. The Kier molecular flexibility index (Phi) is 5.16. The monoisotopic (exact) mass is 333 g/mol. The van der Waals surface area contributed by atoms with Gasteiger partial charge >= 0.3 is 5.97 Å². The second kappa shape index (κ2) is 6.76. The zero-order valence-corrected chi connectivity index (χ0v) is 15.1. The number of esters is 1. The fourth-order valence-corrected chi connectivity index (χ4v) is 3.23. The molecule has 1 aromatic rings. The second-order valence-corrected chi connectivity index (χ2v) is 8.02. The molecular formula is C18H23NO3S. The van der Waals surface area contributed by atoms with Crippen molar-refractivity contribution in [2.75, 3.05) is 12.4 Å². The average molecular weight is 333 g/mol.